The Balaban J connectivity index is 1.55. The number of benzene rings is 1. The second kappa shape index (κ2) is 7.48. The summed E-state index contributed by atoms with van der Waals surface area (Å²) in [4.78, 5) is 38.1. The standard InChI is InChI=1S/C18H21ClN2O4S/c1-11(16(23)20-9-12-5-3-4-6-13(12)19)25-17(24)14-10-26-18(2)8-7-15(22)21(14)18/h3-6,11,14H,7-10H2,1-2H3,(H,20,23)/t11-,14+,18-/m0/s1. The normalized spacial score (nSPS) is 25.7. The zero-order chi connectivity index (χ0) is 18.9. The van der Waals surface area contributed by atoms with Crippen molar-refractivity contribution in [3.8, 4) is 0 Å². The maximum absolute atomic E-state index is 12.5. The average molecular weight is 397 g/mol. The molecular weight excluding hydrogens is 376 g/mol. The van der Waals surface area contributed by atoms with E-state index in [0.29, 0.717) is 17.2 Å². The van der Waals surface area contributed by atoms with Gasteiger partial charge in [-0.1, -0.05) is 29.8 Å². The molecule has 2 aliphatic rings. The van der Waals surface area contributed by atoms with Crippen molar-refractivity contribution in [3.05, 3.63) is 34.9 Å². The Morgan fingerprint density at radius 3 is 2.92 bits per heavy atom. The zero-order valence-electron chi connectivity index (χ0n) is 14.7. The van der Waals surface area contributed by atoms with E-state index in [1.807, 2.05) is 25.1 Å². The van der Waals surface area contributed by atoms with Gasteiger partial charge in [0.15, 0.2) is 6.10 Å². The molecule has 0 spiro atoms. The molecular formula is C18H21ClN2O4S. The van der Waals surface area contributed by atoms with E-state index in [9.17, 15) is 14.4 Å². The lowest BCUT2D eigenvalue weighted by Gasteiger charge is -2.29. The Labute approximate surface area is 161 Å². The number of fused-ring (bicyclic) bond motifs is 1. The Kier molecular flexibility index (Phi) is 5.48. The molecule has 1 N–H and O–H groups in total. The van der Waals surface area contributed by atoms with E-state index in [4.69, 9.17) is 16.3 Å². The van der Waals surface area contributed by atoms with Gasteiger partial charge in [-0.15, -0.1) is 11.8 Å². The summed E-state index contributed by atoms with van der Waals surface area (Å²) in [7, 11) is 0. The van der Waals surface area contributed by atoms with Gasteiger partial charge in [-0.2, -0.15) is 0 Å². The van der Waals surface area contributed by atoms with Crippen molar-refractivity contribution in [3.63, 3.8) is 0 Å². The molecule has 1 aromatic rings. The smallest absolute Gasteiger partial charge is 0.330 e. The Hall–Kier alpha value is -1.73. The number of halogens is 1. The van der Waals surface area contributed by atoms with Crippen molar-refractivity contribution in [1.29, 1.82) is 0 Å². The molecule has 8 heteroatoms. The van der Waals surface area contributed by atoms with Crippen LogP contribution in [0.1, 0.15) is 32.3 Å². The Morgan fingerprint density at radius 1 is 1.46 bits per heavy atom. The first-order valence-electron chi connectivity index (χ1n) is 8.49. The van der Waals surface area contributed by atoms with Crippen molar-refractivity contribution in [2.75, 3.05) is 5.75 Å². The van der Waals surface area contributed by atoms with E-state index in [1.54, 1.807) is 22.7 Å². The number of hydrogen-bond donors (Lipinski definition) is 1. The number of carbonyl (C=O) groups excluding carboxylic acids is 3. The SMILES string of the molecule is C[C@H](OC(=O)[C@H]1CS[C@@]2(C)CCC(=O)N12)C(=O)NCc1ccccc1Cl. The predicted molar refractivity (Wildman–Crippen MR) is 99.6 cm³/mol. The summed E-state index contributed by atoms with van der Waals surface area (Å²) >= 11 is 7.65. The molecule has 0 radical (unpaired) electrons. The molecule has 0 aliphatic carbocycles. The number of thioether (sulfide) groups is 1. The van der Waals surface area contributed by atoms with Gasteiger partial charge in [0.1, 0.15) is 6.04 Å². The van der Waals surface area contributed by atoms with Gasteiger partial charge in [-0.25, -0.2) is 4.79 Å². The number of esters is 1. The minimum atomic E-state index is -0.945. The second-order valence-electron chi connectivity index (χ2n) is 6.65. The van der Waals surface area contributed by atoms with E-state index < -0.39 is 24.0 Å². The molecule has 0 bridgehead atoms. The summed E-state index contributed by atoms with van der Waals surface area (Å²) in [5.41, 5.74) is 0.784. The van der Waals surface area contributed by atoms with E-state index in [-0.39, 0.29) is 17.3 Å². The summed E-state index contributed by atoms with van der Waals surface area (Å²) in [6.45, 7) is 3.74. The van der Waals surface area contributed by atoms with E-state index >= 15 is 0 Å². The lowest BCUT2D eigenvalue weighted by Crippen LogP contribution is -2.48. The van der Waals surface area contributed by atoms with Crippen molar-refractivity contribution < 1.29 is 19.1 Å². The fraction of sp³-hybridized carbons (Fsp3) is 0.500. The van der Waals surface area contributed by atoms with Crippen LogP contribution in [0.25, 0.3) is 0 Å². The van der Waals surface area contributed by atoms with Gasteiger partial charge >= 0.3 is 5.97 Å². The molecule has 3 atom stereocenters. The highest BCUT2D eigenvalue weighted by molar-refractivity contribution is 8.01. The van der Waals surface area contributed by atoms with Crippen LogP contribution in [0.5, 0.6) is 0 Å². The van der Waals surface area contributed by atoms with Gasteiger partial charge in [0.25, 0.3) is 5.91 Å². The number of ether oxygens (including phenoxy) is 1. The third-order valence-electron chi connectivity index (χ3n) is 4.79. The first kappa shape index (κ1) is 19.0. The van der Waals surface area contributed by atoms with Crippen LogP contribution < -0.4 is 5.32 Å². The van der Waals surface area contributed by atoms with Crippen molar-refractivity contribution in [2.45, 2.75) is 50.3 Å². The fourth-order valence-corrected chi connectivity index (χ4v) is 4.89. The Bertz CT molecular complexity index is 744. The highest BCUT2D eigenvalue weighted by Gasteiger charge is 2.53. The lowest BCUT2D eigenvalue weighted by atomic mass is 10.2. The van der Waals surface area contributed by atoms with Gasteiger partial charge in [0.2, 0.25) is 5.91 Å². The quantitative estimate of drug-likeness (QED) is 0.773. The molecule has 2 aliphatic heterocycles. The largest absolute Gasteiger partial charge is 0.451 e. The van der Waals surface area contributed by atoms with Crippen LogP contribution in [0.3, 0.4) is 0 Å². The first-order valence-corrected chi connectivity index (χ1v) is 9.86. The summed E-state index contributed by atoms with van der Waals surface area (Å²) in [5, 5.41) is 3.27. The van der Waals surface area contributed by atoms with Crippen molar-refractivity contribution in [2.24, 2.45) is 0 Å². The zero-order valence-corrected chi connectivity index (χ0v) is 16.2. The summed E-state index contributed by atoms with van der Waals surface area (Å²) in [6, 6.07) is 6.58. The number of carbonyl (C=O) groups is 3. The molecule has 2 saturated heterocycles. The average Bonchev–Trinajstić information content (AvgIpc) is 3.10. The van der Waals surface area contributed by atoms with Gasteiger partial charge in [-0.05, 0) is 31.9 Å². The van der Waals surface area contributed by atoms with Crippen LogP contribution in [0, 0.1) is 0 Å². The third-order valence-corrected chi connectivity index (χ3v) is 6.66. The minimum absolute atomic E-state index is 0.0322. The topological polar surface area (TPSA) is 75.7 Å². The fourth-order valence-electron chi connectivity index (χ4n) is 3.27. The lowest BCUT2D eigenvalue weighted by molar-refractivity contribution is -0.161. The number of rotatable bonds is 5. The molecule has 26 heavy (non-hydrogen) atoms. The molecule has 0 aromatic heterocycles. The second-order valence-corrected chi connectivity index (χ2v) is 8.56. The van der Waals surface area contributed by atoms with Crippen LogP contribution in [0.2, 0.25) is 5.02 Å². The van der Waals surface area contributed by atoms with Gasteiger partial charge < -0.3 is 15.0 Å². The molecule has 3 rings (SSSR count). The number of nitrogens with zero attached hydrogens (tertiary/aromatic N) is 1. The molecule has 0 saturated carbocycles. The van der Waals surface area contributed by atoms with Crippen LogP contribution in [0.15, 0.2) is 24.3 Å². The predicted octanol–water partition coefficient (Wildman–Crippen LogP) is 2.34. The van der Waals surface area contributed by atoms with Crippen LogP contribution >= 0.6 is 23.4 Å². The highest BCUT2D eigenvalue weighted by atomic mass is 35.5. The highest BCUT2D eigenvalue weighted by Crippen LogP contribution is 2.47. The van der Waals surface area contributed by atoms with Gasteiger partial charge in [-0.3, -0.25) is 9.59 Å². The molecule has 0 unspecified atom stereocenters. The number of nitrogens with one attached hydrogen (secondary N) is 1. The van der Waals surface area contributed by atoms with Crippen LogP contribution in [0.4, 0.5) is 0 Å². The molecule has 1 aromatic carbocycles. The summed E-state index contributed by atoms with van der Waals surface area (Å²) in [6.07, 6.45) is 0.231. The summed E-state index contributed by atoms with van der Waals surface area (Å²) in [5.74, 6) is -0.471. The van der Waals surface area contributed by atoms with Crippen LogP contribution in [-0.4, -0.2) is 45.5 Å². The van der Waals surface area contributed by atoms with Gasteiger partial charge in [0, 0.05) is 23.7 Å². The van der Waals surface area contributed by atoms with E-state index in [2.05, 4.69) is 5.32 Å². The van der Waals surface area contributed by atoms with Crippen molar-refractivity contribution >= 4 is 41.1 Å². The summed E-state index contributed by atoms with van der Waals surface area (Å²) < 4.78 is 5.33. The molecule has 2 fully saturated rings. The third kappa shape index (κ3) is 3.69. The molecule has 140 valence electrons. The van der Waals surface area contributed by atoms with E-state index in [1.165, 1.54) is 6.92 Å². The number of amides is 2. The maximum Gasteiger partial charge on any atom is 0.330 e. The molecule has 6 nitrogen and oxygen atoms in total. The van der Waals surface area contributed by atoms with Crippen LogP contribution in [-0.2, 0) is 25.7 Å². The van der Waals surface area contributed by atoms with Gasteiger partial charge in [0.05, 0.1) is 4.87 Å². The molecule has 2 heterocycles. The monoisotopic (exact) mass is 396 g/mol. The minimum Gasteiger partial charge on any atom is -0.451 e. The maximum atomic E-state index is 12.5. The van der Waals surface area contributed by atoms with Crippen molar-refractivity contribution in [1.82, 2.24) is 10.2 Å². The Morgan fingerprint density at radius 2 is 2.19 bits per heavy atom. The molecule has 2 amide bonds. The first-order chi connectivity index (χ1) is 12.3. The van der Waals surface area contributed by atoms with E-state index in [0.717, 1.165) is 12.0 Å². The number of hydrogen-bond acceptors (Lipinski definition) is 5.